The molecule has 1 fully saturated rings. The third-order valence-electron chi connectivity index (χ3n) is 3.47. The molecule has 106 valence electrons. The summed E-state index contributed by atoms with van der Waals surface area (Å²) in [5.74, 6) is 0.205. The molecule has 6 nitrogen and oxygen atoms in total. The molecule has 0 saturated carbocycles. The molecule has 1 aromatic rings. The Labute approximate surface area is 112 Å². The van der Waals surface area contributed by atoms with Gasteiger partial charge in [-0.2, -0.15) is 4.98 Å². The number of nitrogens with two attached hydrogens (primary N) is 1. The lowest BCUT2D eigenvalue weighted by Crippen LogP contribution is -2.46. The Hall–Kier alpha value is -1.56. The van der Waals surface area contributed by atoms with Crippen LogP contribution < -0.4 is 10.6 Å². The summed E-state index contributed by atoms with van der Waals surface area (Å²) in [6.07, 6.45) is 3.44. The van der Waals surface area contributed by atoms with Crippen molar-refractivity contribution >= 4 is 12.0 Å². The van der Waals surface area contributed by atoms with Crippen molar-refractivity contribution in [1.82, 2.24) is 4.98 Å². The first-order valence-electron chi connectivity index (χ1n) is 6.75. The number of piperidine rings is 1. The van der Waals surface area contributed by atoms with E-state index in [9.17, 15) is 4.79 Å². The number of carbonyl (C=O) groups is 1. The van der Waals surface area contributed by atoms with Crippen molar-refractivity contribution in [3.63, 3.8) is 0 Å². The molecule has 1 aliphatic heterocycles. The van der Waals surface area contributed by atoms with Crippen LogP contribution in [0.25, 0.3) is 0 Å². The van der Waals surface area contributed by atoms with Crippen LogP contribution >= 0.6 is 0 Å². The van der Waals surface area contributed by atoms with E-state index in [2.05, 4.69) is 11.9 Å². The van der Waals surface area contributed by atoms with E-state index in [0.717, 1.165) is 19.4 Å². The first-order chi connectivity index (χ1) is 9.15. The molecule has 0 aliphatic carbocycles. The summed E-state index contributed by atoms with van der Waals surface area (Å²) in [5.41, 5.74) is 6.02. The molecule has 1 saturated heterocycles. The van der Waals surface area contributed by atoms with Crippen molar-refractivity contribution in [2.75, 3.05) is 24.6 Å². The van der Waals surface area contributed by atoms with Gasteiger partial charge in [-0.3, -0.25) is 0 Å². The first-order valence-corrected chi connectivity index (χ1v) is 6.75. The zero-order chi connectivity index (χ0) is 13.8. The minimum Gasteiger partial charge on any atom is -0.461 e. The number of anilines is 1. The number of oxazole rings is 1. The van der Waals surface area contributed by atoms with Gasteiger partial charge in [-0.05, 0) is 25.7 Å². The monoisotopic (exact) mass is 267 g/mol. The lowest BCUT2D eigenvalue weighted by Gasteiger charge is -2.36. The second kappa shape index (κ2) is 6.06. The molecule has 2 rings (SSSR count). The molecule has 2 unspecified atom stereocenters. The summed E-state index contributed by atoms with van der Waals surface area (Å²) in [5, 5.41) is 0. The predicted molar refractivity (Wildman–Crippen MR) is 71.0 cm³/mol. The van der Waals surface area contributed by atoms with Crippen LogP contribution in [0.4, 0.5) is 6.01 Å². The highest BCUT2D eigenvalue weighted by Gasteiger charge is 2.29. The van der Waals surface area contributed by atoms with Crippen LogP contribution in [0.2, 0.25) is 0 Å². The van der Waals surface area contributed by atoms with Gasteiger partial charge in [0.15, 0.2) is 5.69 Å². The zero-order valence-electron chi connectivity index (χ0n) is 11.5. The van der Waals surface area contributed by atoms with Gasteiger partial charge in [0.2, 0.25) is 0 Å². The van der Waals surface area contributed by atoms with Crippen LogP contribution in [0.3, 0.4) is 0 Å². The minimum atomic E-state index is -0.452. The molecule has 0 radical (unpaired) electrons. The molecule has 2 heterocycles. The van der Waals surface area contributed by atoms with E-state index >= 15 is 0 Å². The van der Waals surface area contributed by atoms with Gasteiger partial charge in [0.05, 0.1) is 6.61 Å². The van der Waals surface area contributed by atoms with Gasteiger partial charge in [0.1, 0.15) is 6.26 Å². The summed E-state index contributed by atoms with van der Waals surface area (Å²) >= 11 is 0. The summed E-state index contributed by atoms with van der Waals surface area (Å²) in [6, 6.07) is 0.683. The smallest absolute Gasteiger partial charge is 0.360 e. The molecule has 0 bridgehead atoms. The molecule has 6 heteroatoms. The molecule has 19 heavy (non-hydrogen) atoms. The highest BCUT2D eigenvalue weighted by atomic mass is 16.5. The van der Waals surface area contributed by atoms with Crippen LogP contribution in [-0.2, 0) is 4.74 Å². The van der Waals surface area contributed by atoms with E-state index in [1.807, 2.05) is 4.90 Å². The summed E-state index contributed by atoms with van der Waals surface area (Å²) in [7, 11) is 0. The number of ether oxygens (including phenoxy) is 1. The van der Waals surface area contributed by atoms with E-state index in [4.69, 9.17) is 14.9 Å². The molecule has 0 amide bonds. The average molecular weight is 267 g/mol. The number of hydrogen-bond donors (Lipinski definition) is 1. The van der Waals surface area contributed by atoms with Gasteiger partial charge < -0.3 is 19.8 Å². The fourth-order valence-electron chi connectivity index (χ4n) is 2.42. The number of esters is 1. The van der Waals surface area contributed by atoms with Gasteiger partial charge >= 0.3 is 5.97 Å². The van der Waals surface area contributed by atoms with Crippen LogP contribution in [0.15, 0.2) is 10.7 Å². The molecule has 1 aromatic heterocycles. The number of nitrogens with zero attached hydrogens (tertiary/aromatic N) is 2. The Morgan fingerprint density at radius 1 is 1.68 bits per heavy atom. The molecular formula is C13H21N3O3. The topological polar surface area (TPSA) is 81.6 Å². The van der Waals surface area contributed by atoms with Crippen LogP contribution in [0.5, 0.6) is 0 Å². The number of aromatic nitrogens is 1. The van der Waals surface area contributed by atoms with Gasteiger partial charge in [-0.15, -0.1) is 0 Å². The number of hydrogen-bond acceptors (Lipinski definition) is 6. The highest BCUT2D eigenvalue weighted by Crippen LogP contribution is 2.27. The Morgan fingerprint density at radius 2 is 2.47 bits per heavy atom. The van der Waals surface area contributed by atoms with Crippen molar-refractivity contribution in [2.45, 2.75) is 32.7 Å². The first kappa shape index (κ1) is 13.9. The van der Waals surface area contributed by atoms with Crippen LogP contribution in [-0.4, -0.2) is 36.7 Å². The SMILES string of the molecule is CCOC(=O)c1coc(N2CCC(C)CC2CN)n1. The summed E-state index contributed by atoms with van der Waals surface area (Å²) in [6.45, 7) is 5.72. The molecule has 0 aromatic carbocycles. The molecule has 1 aliphatic rings. The van der Waals surface area contributed by atoms with Crippen molar-refractivity contribution in [3.05, 3.63) is 12.0 Å². The fraction of sp³-hybridized carbons (Fsp3) is 0.692. The Balaban J connectivity index is 2.10. The molecular weight excluding hydrogens is 246 g/mol. The molecule has 2 N–H and O–H groups in total. The van der Waals surface area contributed by atoms with Crippen molar-refractivity contribution in [1.29, 1.82) is 0 Å². The van der Waals surface area contributed by atoms with E-state index in [1.165, 1.54) is 6.26 Å². The minimum absolute atomic E-state index is 0.214. The lowest BCUT2D eigenvalue weighted by atomic mass is 9.93. The summed E-state index contributed by atoms with van der Waals surface area (Å²) < 4.78 is 10.3. The second-order valence-electron chi connectivity index (χ2n) is 4.95. The zero-order valence-corrected chi connectivity index (χ0v) is 11.5. The molecule has 0 spiro atoms. The van der Waals surface area contributed by atoms with E-state index in [-0.39, 0.29) is 11.7 Å². The Bertz CT molecular complexity index is 433. The number of rotatable bonds is 4. The summed E-state index contributed by atoms with van der Waals surface area (Å²) in [4.78, 5) is 17.8. The quantitative estimate of drug-likeness (QED) is 0.831. The van der Waals surface area contributed by atoms with E-state index in [0.29, 0.717) is 25.1 Å². The maximum absolute atomic E-state index is 11.6. The Morgan fingerprint density at radius 3 is 3.16 bits per heavy atom. The maximum Gasteiger partial charge on any atom is 0.360 e. The van der Waals surface area contributed by atoms with Crippen LogP contribution in [0, 0.1) is 5.92 Å². The highest BCUT2D eigenvalue weighted by molar-refractivity contribution is 5.87. The molecule has 2 atom stereocenters. The maximum atomic E-state index is 11.6. The third kappa shape index (κ3) is 3.07. The van der Waals surface area contributed by atoms with Gasteiger partial charge in [-0.1, -0.05) is 6.92 Å². The van der Waals surface area contributed by atoms with Gasteiger partial charge in [0, 0.05) is 19.1 Å². The second-order valence-corrected chi connectivity index (χ2v) is 4.95. The largest absolute Gasteiger partial charge is 0.461 e. The standard InChI is InChI=1S/C13H21N3O3/c1-3-18-12(17)11-8-19-13(15-11)16-5-4-9(2)6-10(16)7-14/h8-10H,3-7,14H2,1-2H3. The van der Waals surface area contributed by atoms with Crippen molar-refractivity contribution < 1.29 is 13.9 Å². The fourth-order valence-corrected chi connectivity index (χ4v) is 2.42. The van der Waals surface area contributed by atoms with Crippen molar-refractivity contribution in [2.24, 2.45) is 11.7 Å². The van der Waals surface area contributed by atoms with Crippen molar-refractivity contribution in [3.8, 4) is 0 Å². The van der Waals surface area contributed by atoms with Crippen LogP contribution in [0.1, 0.15) is 37.2 Å². The van der Waals surface area contributed by atoms with E-state index < -0.39 is 5.97 Å². The average Bonchev–Trinajstić information content (AvgIpc) is 2.88. The predicted octanol–water partition coefficient (Wildman–Crippen LogP) is 1.41. The van der Waals surface area contributed by atoms with Gasteiger partial charge in [0.25, 0.3) is 6.01 Å². The normalized spacial score (nSPS) is 23.4. The van der Waals surface area contributed by atoms with Gasteiger partial charge in [-0.25, -0.2) is 4.79 Å². The third-order valence-corrected chi connectivity index (χ3v) is 3.47. The Kier molecular flexibility index (Phi) is 4.42. The number of carbonyl (C=O) groups excluding carboxylic acids is 1. The van der Waals surface area contributed by atoms with E-state index in [1.54, 1.807) is 6.92 Å². The lowest BCUT2D eigenvalue weighted by molar-refractivity contribution is 0.0519.